The Bertz CT molecular complexity index is 677. The van der Waals surface area contributed by atoms with E-state index < -0.39 is 5.82 Å². The molecule has 3 N–H and O–H groups in total. The monoisotopic (exact) mass is 308 g/mol. The topological polar surface area (TPSA) is 64.3 Å². The van der Waals surface area contributed by atoms with Gasteiger partial charge in [-0.3, -0.25) is 4.79 Å². The Hall–Kier alpha value is -2.27. The molecule has 0 saturated heterocycles. The summed E-state index contributed by atoms with van der Waals surface area (Å²) in [6.07, 6.45) is 0. The lowest BCUT2D eigenvalue weighted by molar-refractivity contribution is 0.0951. The standard InChI is InChI=1S/C15H14ClFN2O2/c1-21-10-3-5-14(18)11(7-10)15(20)19-8-9-2-4-13(17)12(16)6-9/h2-7H,8,18H2,1H3,(H,19,20). The van der Waals surface area contributed by atoms with Gasteiger partial charge in [0.2, 0.25) is 0 Å². The zero-order chi connectivity index (χ0) is 15.4. The van der Waals surface area contributed by atoms with Crippen molar-refractivity contribution in [3.8, 4) is 5.75 Å². The van der Waals surface area contributed by atoms with Crippen molar-refractivity contribution in [1.29, 1.82) is 0 Å². The fourth-order valence-corrected chi connectivity index (χ4v) is 1.99. The first kappa shape index (κ1) is 15.1. The van der Waals surface area contributed by atoms with Crippen LogP contribution in [0.2, 0.25) is 5.02 Å². The lowest BCUT2D eigenvalue weighted by atomic mass is 10.1. The zero-order valence-electron chi connectivity index (χ0n) is 11.3. The van der Waals surface area contributed by atoms with Gasteiger partial charge in [-0.1, -0.05) is 17.7 Å². The molecule has 2 aromatic carbocycles. The zero-order valence-corrected chi connectivity index (χ0v) is 12.1. The number of nitrogens with one attached hydrogen (secondary N) is 1. The number of hydrogen-bond donors (Lipinski definition) is 2. The molecule has 0 aliphatic carbocycles. The number of amides is 1. The van der Waals surface area contributed by atoms with E-state index in [2.05, 4.69) is 5.32 Å². The highest BCUT2D eigenvalue weighted by Crippen LogP contribution is 2.20. The quantitative estimate of drug-likeness (QED) is 0.853. The fourth-order valence-electron chi connectivity index (χ4n) is 1.79. The van der Waals surface area contributed by atoms with Crippen LogP contribution < -0.4 is 15.8 Å². The van der Waals surface area contributed by atoms with Crippen molar-refractivity contribution in [3.05, 3.63) is 58.4 Å². The van der Waals surface area contributed by atoms with Gasteiger partial charge >= 0.3 is 0 Å². The highest BCUT2D eigenvalue weighted by Gasteiger charge is 2.11. The molecule has 0 saturated carbocycles. The van der Waals surface area contributed by atoms with E-state index in [1.54, 1.807) is 24.3 Å². The SMILES string of the molecule is COc1ccc(N)c(C(=O)NCc2ccc(F)c(Cl)c2)c1. The van der Waals surface area contributed by atoms with Crippen LogP contribution >= 0.6 is 11.6 Å². The van der Waals surface area contributed by atoms with Gasteiger partial charge in [0.1, 0.15) is 11.6 Å². The summed E-state index contributed by atoms with van der Waals surface area (Å²) in [5, 5.41) is 2.71. The highest BCUT2D eigenvalue weighted by atomic mass is 35.5. The summed E-state index contributed by atoms with van der Waals surface area (Å²) < 4.78 is 18.1. The van der Waals surface area contributed by atoms with Crippen molar-refractivity contribution in [3.63, 3.8) is 0 Å². The predicted molar refractivity (Wildman–Crippen MR) is 80.0 cm³/mol. The molecule has 0 heterocycles. The Morgan fingerprint density at radius 1 is 1.33 bits per heavy atom. The first-order valence-corrected chi connectivity index (χ1v) is 6.54. The van der Waals surface area contributed by atoms with E-state index in [9.17, 15) is 9.18 Å². The summed E-state index contributed by atoms with van der Waals surface area (Å²) in [6, 6.07) is 9.10. The molecular formula is C15H14ClFN2O2. The third-order valence-electron chi connectivity index (χ3n) is 2.94. The molecule has 0 fully saturated rings. The maximum Gasteiger partial charge on any atom is 0.253 e. The van der Waals surface area contributed by atoms with E-state index in [4.69, 9.17) is 22.1 Å². The Morgan fingerprint density at radius 3 is 2.76 bits per heavy atom. The van der Waals surface area contributed by atoms with Crippen molar-refractivity contribution < 1.29 is 13.9 Å². The Balaban J connectivity index is 2.09. The van der Waals surface area contributed by atoms with Crippen LogP contribution in [0.4, 0.5) is 10.1 Å². The molecule has 0 radical (unpaired) electrons. The summed E-state index contributed by atoms with van der Waals surface area (Å²) in [7, 11) is 1.51. The number of nitrogen functional groups attached to an aromatic ring is 1. The van der Waals surface area contributed by atoms with Gasteiger partial charge in [-0.25, -0.2) is 4.39 Å². The lowest BCUT2D eigenvalue weighted by Crippen LogP contribution is -2.23. The molecule has 2 aromatic rings. The number of nitrogens with two attached hydrogens (primary N) is 1. The summed E-state index contributed by atoms with van der Waals surface area (Å²) >= 11 is 5.69. The molecule has 0 bridgehead atoms. The molecule has 6 heteroatoms. The minimum atomic E-state index is -0.496. The minimum Gasteiger partial charge on any atom is -0.497 e. The van der Waals surface area contributed by atoms with Crippen LogP contribution in [-0.2, 0) is 6.54 Å². The maximum absolute atomic E-state index is 13.0. The Kier molecular flexibility index (Phi) is 4.65. The number of halogens is 2. The number of anilines is 1. The lowest BCUT2D eigenvalue weighted by Gasteiger charge is -2.09. The third kappa shape index (κ3) is 3.64. The van der Waals surface area contributed by atoms with E-state index in [1.807, 2.05) is 0 Å². The van der Waals surface area contributed by atoms with E-state index >= 15 is 0 Å². The molecule has 4 nitrogen and oxygen atoms in total. The van der Waals surface area contributed by atoms with Crippen molar-refractivity contribution in [2.24, 2.45) is 0 Å². The number of carbonyl (C=O) groups excluding carboxylic acids is 1. The van der Waals surface area contributed by atoms with Gasteiger partial charge in [-0.15, -0.1) is 0 Å². The molecule has 0 aromatic heterocycles. The average molecular weight is 309 g/mol. The van der Waals surface area contributed by atoms with Crippen LogP contribution in [0.5, 0.6) is 5.75 Å². The maximum atomic E-state index is 13.0. The molecule has 21 heavy (non-hydrogen) atoms. The molecule has 0 aliphatic heterocycles. The molecule has 1 amide bonds. The summed E-state index contributed by atoms with van der Waals surface area (Å²) in [5.41, 5.74) is 7.14. The highest BCUT2D eigenvalue weighted by molar-refractivity contribution is 6.30. The van der Waals surface area contributed by atoms with Gasteiger partial charge in [0.25, 0.3) is 5.91 Å². The first-order valence-electron chi connectivity index (χ1n) is 6.17. The first-order chi connectivity index (χ1) is 10.0. The number of carbonyl (C=O) groups is 1. The number of ether oxygens (including phenoxy) is 1. The van der Waals surface area contributed by atoms with Crippen LogP contribution in [0, 0.1) is 5.82 Å². The van der Waals surface area contributed by atoms with Crippen LogP contribution in [0.3, 0.4) is 0 Å². The van der Waals surface area contributed by atoms with Crippen LogP contribution in [0.25, 0.3) is 0 Å². The second-order valence-electron chi connectivity index (χ2n) is 4.38. The number of benzene rings is 2. The second kappa shape index (κ2) is 6.45. The molecule has 110 valence electrons. The molecule has 0 aliphatic rings. The summed E-state index contributed by atoms with van der Waals surface area (Å²) in [5.74, 6) is -0.296. The Labute approximate surface area is 126 Å². The van der Waals surface area contributed by atoms with Crippen molar-refractivity contribution in [1.82, 2.24) is 5.32 Å². The molecule has 0 spiro atoms. The molecule has 0 atom stereocenters. The van der Waals surface area contributed by atoms with Crippen molar-refractivity contribution in [2.45, 2.75) is 6.54 Å². The van der Waals surface area contributed by atoms with Crippen molar-refractivity contribution >= 4 is 23.2 Å². The summed E-state index contributed by atoms with van der Waals surface area (Å²) in [6.45, 7) is 0.218. The number of rotatable bonds is 4. The minimum absolute atomic E-state index is 0.0163. The second-order valence-corrected chi connectivity index (χ2v) is 4.79. The normalized spacial score (nSPS) is 10.2. The molecule has 0 unspecified atom stereocenters. The van der Waals surface area contributed by atoms with Crippen LogP contribution in [0.1, 0.15) is 15.9 Å². The number of hydrogen-bond acceptors (Lipinski definition) is 3. The van der Waals surface area contributed by atoms with Crippen LogP contribution in [0.15, 0.2) is 36.4 Å². The largest absolute Gasteiger partial charge is 0.497 e. The molecule has 2 rings (SSSR count). The smallest absolute Gasteiger partial charge is 0.253 e. The van der Waals surface area contributed by atoms with Crippen LogP contribution in [-0.4, -0.2) is 13.0 Å². The summed E-state index contributed by atoms with van der Waals surface area (Å²) in [4.78, 5) is 12.1. The predicted octanol–water partition coefficient (Wildman–Crippen LogP) is 3.00. The van der Waals surface area contributed by atoms with E-state index in [1.165, 1.54) is 19.2 Å². The molecular weight excluding hydrogens is 295 g/mol. The third-order valence-corrected chi connectivity index (χ3v) is 3.23. The van der Waals surface area contributed by atoms with Crippen molar-refractivity contribution in [2.75, 3.05) is 12.8 Å². The average Bonchev–Trinajstić information content (AvgIpc) is 2.48. The van der Waals surface area contributed by atoms with Gasteiger partial charge in [0.15, 0.2) is 0 Å². The fraction of sp³-hybridized carbons (Fsp3) is 0.133. The van der Waals surface area contributed by atoms with Gasteiger partial charge in [0.05, 0.1) is 17.7 Å². The number of methoxy groups -OCH3 is 1. The van der Waals surface area contributed by atoms with Gasteiger partial charge in [-0.2, -0.15) is 0 Å². The van der Waals surface area contributed by atoms with E-state index in [-0.39, 0.29) is 17.5 Å². The Morgan fingerprint density at radius 2 is 2.10 bits per heavy atom. The van der Waals surface area contributed by atoms with E-state index in [0.717, 1.165) is 0 Å². The van der Waals surface area contributed by atoms with E-state index in [0.29, 0.717) is 22.6 Å². The van der Waals surface area contributed by atoms with Gasteiger partial charge in [-0.05, 0) is 35.9 Å². The van der Waals surface area contributed by atoms with Gasteiger partial charge < -0.3 is 15.8 Å². The van der Waals surface area contributed by atoms with Gasteiger partial charge in [0, 0.05) is 12.2 Å².